The average Bonchev–Trinajstić information content (AvgIpc) is 3.31. The van der Waals surface area contributed by atoms with E-state index in [1.807, 2.05) is 0 Å². The first kappa shape index (κ1) is 29.2. The third kappa shape index (κ3) is 6.86. The summed E-state index contributed by atoms with van der Waals surface area (Å²) in [6.07, 6.45) is -0.0963. The average molecular weight is 569 g/mol. The lowest BCUT2D eigenvalue weighted by Crippen LogP contribution is -2.52. The molecule has 3 aromatic rings. The zero-order valence-corrected chi connectivity index (χ0v) is 23.1. The Balaban J connectivity index is 1.57. The van der Waals surface area contributed by atoms with E-state index in [4.69, 9.17) is 14.6 Å². The summed E-state index contributed by atoms with van der Waals surface area (Å²) in [7, 11) is -3.70. The summed E-state index contributed by atoms with van der Waals surface area (Å²) < 4.78 is 51.9. The highest BCUT2D eigenvalue weighted by Gasteiger charge is 2.50. The van der Waals surface area contributed by atoms with Crippen LogP contribution in [0.1, 0.15) is 30.9 Å². The minimum absolute atomic E-state index is 0.0328. The molecule has 3 aromatic carbocycles. The molecular formula is C30H33FN2O6S. The molecule has 0 saturated carbocycles. The molecule has 0 aromatic heterocycles. The van der Waals surface area contributed by atoms with Crippen LogP contribution in [-0.4, -0.2) is 62.5 Å². The number of rotatable bonds is 13. The molecule has 1 aliphatic rings. The van der Waals surface area contributed by atoms with Gasteiger partial charge in [-0.25, -0.2) is 17.8 Å². The van der Waals surface area contributed by atoms with Gasteiger partial charge in [-0.1, -0.05) is 36.4 Å². The fourth-order valence-electron chi connectivity index (χ4n) is 4.45. The number of nitrogens with one attached hydrogen (secondary N) is 1. The fourth-order valence-corrected chi connectivity index (χ4v) is 5.84. The van der Waals surface area contributed by atoms with Crippen LogP contribution in [0, 0.1) is 5.82 Å². The Bertz CT molecular complexity index is 1430. The first-order chi connectivity index (χ1) is 19.2. The van der Waals surface area contributed by atoms with Crippen LogP contribution in [0.15, 0.2) is 88.8 Å². The van der Waals surface area contributed by atoms with Crippen LogP contribution in [0.5, 0.6) is 5.75 Å². The van der Waals surface area contributed by atoms with Gasteiger partial charge in [-0.15, -0.1) is 0 Å². The third-order valence-electron chi connectivity index (χ3n) is 6.82. The van der Waals surface area contributed by atoms with Crippen molar-refractivity contribution in [3.8, 4) is 5.75 Å². The zero-order valence-electron chi connectivity index (χ0n) is 22.3. The van der Waals surface area contributed by atoms with Crippen molar-refractivity contribution in [3.05, 3.63) is 95.8 Å². The van der Waals surface area contributed by atoms with Crippen molar-refractivity contribution in [1.82, 2.24) is 5.32 Å². The van der Waals surface area contributed by atoms with E-state index in [0.717, 1.165) is 0 Å². The normalized spacial score (nSPS) is 18.6. The monoisotopic (exact) mass is 568 g/mol. The molecule has 1 heterocycles. The number of carbonyl (C=O) groups is 1. The predicted molar refractivity (Wildman–Crippen MR) is 150 cm³/mol. The SMILES string of the molecule is C[C@H]1OC(c2ccc(OCCCO)cc2)=N[C@@]1(CCS(=O)(=O)c1ccccc1)C(=O)NCCc1ccccc1F. The number of carbonyl (C=O) groups excluding carboxylic acids is 1. The highest BCUT2D eigenvalue weighted by molar-refractivity contribution is 7.91. The van der Waals surface area contributed by atoms with E-state index in [-0.39, 0.29) is 48.4 Å². The largest absolute Gasteiger partial charge is 0.494 e. The number of sulfone groups is 1. The Morgan fingerprint density at radius 2 is 1.77 bits per heavy atom. The Labute approximate surface area is 233 Å². The molecule has 212 valence electrons. The lowest BCUT2D eigenvalue weighted by atomic mass is 9.90. The Morgan fingerprint density at radius 3 is 2.48 bits per heavy atom. The number of hydrogen-bond acceptors (Lipinski definition) is 7. The number of amides is 1. The molecule has 2 N–H and O–H groups in total. The summed E-state index contributed by atoms with van der Waals surface area (Å²) in [6.45, 7) is 2.24. The number of halogens is 1. The molecule has 4 rings (SSSR count). The maximum absolute atomic E-state index is 14.1. The minimum atomic E-state index is -3.70. The summed E-state index contributed by atoms with van der Waals surface area (Å²) in [4.78, 5) is 18.5. The molecule has 1 aliphatic heterocycles. The lowest BCUT2D eigenvalue weighted by molar-refractivity contribution is -0.128. The Morgan fingerprint density at radius 1 is 1.07 bits per heavy atom. The Hall–Kier alpha value is -3.76. The molecule has 0 bridgehead atoms. The van der Waals surface area contributed by atoms with Crippen molar-refractivity contribution < 1.29 is 32.2 Å². The van der Waals surface area contributed by atoms with Crippen LogP contribution in [0.4, 0.5) is 4.39 Å². The van der Waals surface area contributed by atoms with E-state index in [2.05, 4.69) is 10.3 Å². The van der Waals surface area contributed by atoms with Crippen molar-refractivity contribution in [3.63, 3.8) is 0 Å². The fraction of sp³-hybridized carbons (Fsp3) is 0.333. The maximum Gasteiger partial charge on any atom is 0.251 e. The number of aliphatic hydroxyl groups is 1. The molecule has 1 amide bonds. The van der Waals surface area contributed by atoms with Gasteiger partial charge in [0.15, 0.2) is 15.4 Å². The molecule has 2 atom stereocenters. The second-order valence-corrected chi connectivity index (χ2v) is 11.6. The molecule has 0 unspecified atom stereocenters. The van der Waals surface area contributed by atoms with Crippen LogP contribution in [0.3, 0.4) is 0 Å². The summed E-state index contributed by atoms with van der Waals surface area (Å²) in [5, 5.41) is 11.8. The van der Waals surface area contributed by atoms with E-state index < -0.39 is 27.4 Å². The number of hydrogen-bond donors (Lipinski definition) is 2. The molecule has 40 heavy (non-hydrogen) atoms. The lowest BCUT2D eigenvalue weighted by Gasteiger charge is -2.28. The second-order valence-electron chi connectivity index (χ2n) is 9.53. The third-order valence-corrected chi connectivity index (χ3v) is 8.55. The summed E-state index contributed by atoms with van der Waals surface area (Å²) in [5.74, 6) is -0.341. The van der Waals surface area contributed by atoms with E-state index in [1.165, 1.54) is 18.2 Å². The van der Waals surface area contributed by atoms with Crippen molar-refractivity contribution in [1.29, 1.82) is 0 Å². The predicted octanol–water partition coefficient (Wildman–Crippen LogP) is 3.71. The molecule has 0 radical (unpaired) electrons. The zero-order chi connectivity index (χ0) is 28.6. The molecular weight excluding hydrogens is 535 g/mol. The van der Waals surface area contributed by atoms with Crippen molar-refractivity contribution in [2.24, 2.45) is 4.99 Å². The van der Waals surface area contributed by atoms with Gasteiger partial charge in [0, 0.05) is 25.1 Å². The van der Waals surface area contributed by atoms with Gasteiger partial charge in [0.25, 0.3) is 5.91 Å². The highest BCUT2D eigenvalue weighted by atomic mass is 32.2. The second kappa shape index (κ2) is 13.1. The molecule has 0 fully saturated rings. The van der Waals surface area contributed by atoms with E-state index in [0.29, 0.717) is 29.9 Å². The van der Waals surface area contributed by atoms with E-state index >= 15 is 0 Å². The van der Waals surface area contributed by atoms with Crippen LogP contribution in [0.25, 0.3) is 0 Å². The van der Waals surface area contributed by atoms with Crippen LogP contribution in [0.2, 0.25) is 0 Å². The van der Waals surface area contributed by atoms with Crippen molar-refractivity contribution in [2.45, 2.75) is 42.7 Å². The highest BCUT2D eigenvalue weighted by Crippen LogP contribution is 2.33. The van der Waals surface area contributed by atoms with Gasteiger partial charge >= 0.3 is 0 Å². The summed E-state index contributed by atoms with van der Waals surface area (Å²) in [5.41, 5.74) is -0.444. The summed E-state index contributed by atoms with van der Waals surface area (Å²) in [6, 6.07) is 21.3. The van der Waals surface area contributed by atoms with Crippen molar-refractivity contribution in [2.75, 3.05) is 25.5 Å². The van der Waals surface area contributed by atoms with Crippen LogP contribution in [-0.2, 0) is 25.8 Å². The number of ether oxygens (including phenoxy) is 2. The van der Waals surface area contributed by atoms with Gasteiger partial charge in [0.1, 0.15) is 17.7 Å². The van der Waals surface area contributed by atoms with Gasteiger partial charge in [0.2, 0.25) is 5.90 Å². The molecule has 8 nitrogen and oxygen atoms in total. The standard InChI is InChI=1S/C30H33FN2O6S/c1-22-30(17-21-40(36,37)26-9-3-2-4-10-26,29(35)32-18-16-23-8-5-6-11-27(23)31)33-28(39-22)24-12-14-25(15-13-24)38-20-7-19-34/h2-6,8-15,22,34H,7,16-21H2,1H3,(H,32,35)/t22-,30-/m1/s1. The van der Waals surface area contributed by atoms with Gasteiger partial charge < -0.3 is 19.9 Å². The molecule has 0 saturated heterocycles. The number of aliphatic imine (C=N–C) groups is 1. The first-order valence-electron chi connectivity index (χ1n) is 13.2. The minimum Gasteiger partial charge on any atom is -0.494 e. The number of nitrogens with zero attached hydrogens (tertiary/aromatic N) is 1. The number of benzene rings is 3. The first-order valence-corrected chi connectivity index (χ1v) is 14.8. The van der Waals surface area contributed by atoms with Crippen LogP contribution < -0.4 is 10.1 Å². The van der Waals surface area contributed by atoms with Gasteiger partial charge in [-0.2, -0.15) is 0 Å². The van der Waals surface area contributed by atoms with Gasteiger partial charge in [0.05, 0.1) is 17.3 Å². The van der Waals surface area contributed by atoms with E-state index in [9.17, 15) is 17.6 Å². The summed E-state index contributed by atoms with van der Waals surface area (Å²) >= 11 is 0. The Kier molecular flexibility index (Phi) is 9.54. The molecule has 10 heteroatoms. The van der Waals surface area contributed by atoms with Gasteiger partial charge in [-0.05, 0) is 67.8 Å². The smallest absolute Gasteiger partial charge is 0.251 e. The molecule has 0 spiro atoms. The van der Waals surface area contributed by atoms with Crippen molar-refractivity contribution >= 4 is 21.6 Å². The topological polar surface area (TPSA) is 114 Å². The maximum atomic E-state index is 14.1. The molecule has 0 aliphatic carbocycles. The van der Waals surface area contributed by atoms with Gasteiger partial charge in [-0.3, -0.25) is 4.79 Å². The quantitative estimate of drug-likeness (QED) is 0.304. The number of aliphatic hydroxyl groups excluding tert-OH is 1. The van der Waals surface area contributed by atoms with Crippen LogP contribution >= 0.6 is 0 Å². The van der Waals surface area contributed by atoms with E-state index in [1.54, 1.807) is 67.6 Å².